The summed E-state index contributed by atoms with van der Waals surface area (Å²) in [4.78, 5) is 13.2. The second-order valence-electron chi connectivity index (χ2n) is 9.46. The highest BCUT2D eigenvalue weighted by Gasteiger charge is 2.45. The SMILES string of the molecule is NCc1ccnc(OC[C@@H]2C[C@H](C3CCCCC3)CN2S(=O)(=O)N2CCOCC2)c1.O=C(O)C(F)(F)F. The molecule has 3 N–H and O–H groups in total. The van der Waals surface area contributed by atoms with Crippen LogP contribution in [0.1, 0.15) is 44.1 Å². The van der Waals surface area contributed by atoms with Crippen molar-refractivity contribution in [3.63, 3.8) is 0 Å². The Morgan fingerprint density at radius 3 is 2.43 bits per heavy atom. The van der Waals surface area contributed by atoms with E-state index in [0.717, 1.165) is 12.0 Å². The van der Waals surface area contributed by atoms with Gasteiger partial charge in [-0.25, -0.2) is 9.78 Å². The molecule has 3 heterocycles. The third-order valence-electron chi connectivity index (χ3n) is 7.01. The van der Waals surface area contributed by atoms with Gasteiger partial charge in [0.15, 0.2) is 0 Å². The second-order valence-corrected chi connectivity index (χ2v) is 11.3. The Morgan fingerprint density at radius 1 is 1.19 bits per heavy atom. The van der Waals surface area contributed by atoms with Crippen molar-refractivity contribution in [2.45, 2.75) is 57.3 Å². The Labute approximate surface area is 215 Å². The van der Waals surface area contributed by atoms with Crippen LogP contribution in [0.2, 0.25) is 0 Å². The quantitative estimate of drug-likeness (QED) is 0.527. The highest BCUT2D eigenvalue weighted by Crippen LogP contribution is 2.39. The summed E-state index contributed by atoms with van der Waals surface area (Å²) >= 11 is 0. The molecular formula is C23H35F3N4O6S. The predicted octanol–water partition coefficient (Wildman–Crippen LogP) is 2.40. The van der Waals surface area contributed by atoms with Gasteiger partial charge in [0.2, 0.25) is 5.88 Å². The number of nitrogens with zero attached hydrogens (tertiary/aromatic N) is 3. The van der Waals surface area contributed by atoms with Crippen LogP contribution in [0.5, 0.6) is 5.88 Å². The number of nitrogens with two attached hydrogens (primary N) is 1. The molecule has 2 aliphatic heterocycles. The summed E-state index contributed by atoms with van der Waals surface area (Å²) in [6.45, 7) is 3.07. The van der Waals surface area contributed by atoms with Crippen LogP contribution in [-0.4, -0.2) is 84.8 Å². The molecule has 0 unspecified atom stereocenters. The highest BCUT2D eigenvalue weighted by atomic mass is 32.2. The van der Waals surface area contributed by atoms with E-state index in [0.29, 0.717) is 63.7 Å². The summed E-state index contributed by atoms with van der Waals surface area (Å²) < 4.78 is 73.2. The van der Waals surface area contributed by atoms with Crippen LogP contribution in [0, 0.1) is 11.8 Å². The molecule has 0 radical (unpaired) electrons. The third-order valence-corrected chi connectivity index (χ3v) is 9.06. The summed E-state index contributed by atoms with van der Waals surface area (Å²) in [7, 11) is -3.53. The molecule has 14 heteroatoms. The lowest BCUT2D eigenvalue weighted by atomic mass is 9.79. The van der Waals surface area contributed by atoms with Crippen molar-refractivity contribution in [2.75, 3.05) is 39.5 Å². The van der Waals surface area contributed by atoms with Crippen molar-refractivity contribution in [1.82, 2.24) is 13.6 Å². The van der Waals surface area contributed by atoms with E-state index in [9.17, 15) is 21.6 Å². The van der Waals surface area contributed by atoms with Crippen molar-refractivity contribution in [1.29, 1.82) is 0 Å². The highest BCUT2D eigenvalue weighted by molar-refractivity contribution is 7.86. The number of hydrogen-bond donors (Lipinski definition) is 2. The number of carbonyl (C=O) groups is 1. The molecule has 1 aliphatic carbocycles. The second kappa shape index (κ2) is 13.2. The molecule has 3 aliphatic rings. The van der Waals surface area contributed by atoms with Crippen LogP contribution in [0.25, 0.3) is 0 Å². The number of aliphatic carboxylic acids is 1. The molecule has 2 saturated heterocycles. The summed E-state index contributed by atoms with van der Waals surface area (Å²) in [6.07, 6.45) is 3.69. The average molecular weight is 553 g/mol. The molecule has 0 bridgehead atoms. The molecule has 1 saturated carbocycles. The van der Waals surface area contributed by atoms with Crippen LogP contribution in [0.15, 0.2) is 18.3 Å². The van der Waals surface area contributed by atoms with E-state index in [1.165, 1.54) is 32.1 Å². The fourth-order valence-electron chi connectivity index (χ4n) is 5.07. The number of halogens is 3. The van der Waals surface area contributed by atoms with Gasteiger partial charge >= 0.3 is 12.1 Å². The van der Waals surface area contributed by atoms with Gasteiger partial charge in [-0.05, 0) is 29.9 Å². The molecular weight excluding hydrogens is 517 g/mol. The van der Waals surface area contributed by atoms with Crippen LogP contribution in [0.3, 0.4) is 0 Å². The Balaban J connectivity index is 0.000000479. The summed E-state index contributed by atoms with van der Waals surface area (Å²) in [5, 5.41) is 7.12. The predicted molar refractivity (Wildman–Crippen MR) is 128 cm³/mol. The first kappa shape index (κ1) is 29.6. The Bertz CT molecular complexity index is 985. The Hall–Kier alpha value is -2.00. The van der Waals surface area contributed by atoms with Crippen molar-refractivity contribution in [3.05, 3.63) is 23.9 Å². The van der Waals surface area contributed by atoms with Crippen LogP contribution >= 0.6 is 0 Å². The van der Waals surface area contributed by atoms with Gasteiger partial charge in [0.05, 0.1) is 19.3 Å². The van der Waals surface area contributed by atoms with Gasteiger partial charge in [0.25, 0.3) is 10.2 Å². The maximum Gasteiger partial charge on any atom is 0.490 e. The zero-order chi connectivity index (χ0) is 27.1. The van der Waals surface area contributed by atoms with E-state index in [2.05, 4.69) is 4.98 Å². The number of carboxylic acids is 1. The van der Waals surface area contributed by atoms with Crippen molar-refractivity contribution < 1.29 is 41.0 Å². The van der Waals surface area contributed by atoms with Gasteiger partial charge < -0.3 is 20.3 Å². The Kier molecular flexibility index (Phi) is 10.5. The number of morpholine rings is 1. The maximum absolute atomic E-state index is 13.4. The van der Waals surface area contributed by atoms with Crippen molar-refractivity contribution >= 4 is 16.2 Å². The molecule has 10 nitrogen and oxygen atoms in total. The number of hydrogen-bond acceptors (Lipinski definition) is 7. The van der Waals surface area contributed by atoms with Crippen LogP contribution < -0.4 is 10.5 Å². The molecule has 0 aromatic carbocycles. The first-order valence-electron chi connectivity index (χ1n) is 12.4. The first-order valence-corrected chi connectivity index (χ1v) is 13.8. The third kappa shape index (κ3) is 8.24. The molecule has 2 atom stereocenters. The van der Waals surface area contributed by atoms with Gasteiger partial charge in [0, 0.05) is 38.4 Å². The lowest BCUT2D eigenvalue weighted by Gasteiger charge is -2.33. The molecule has 210 valence electrons. The van der Waals surface area contributed by atoms with E-state index in [-0.39, 0.29) is 6.04 Å². The number of alkyl halides is 3. The molecule has 37 heavy (non-hydrogen) atoms. The van der Waals surface area contributed by atoms with E-state index in [1.54, 1.807) is 14.8 Å². The molecule has 3 fully saturated rings. The standard InChI is InChI=1S/C21H34N4O4S.C2HF3O2/c22-14-17-6-7-23-21(12-17)29-16-20-13-19(18-4-2-1-3-5-18)15-25(20)30(26,27)24-8-10-28-11-9-24;3-2(4,5)1(6)7/h6-7,12,18-20H,1-5,8-11,13-16,22H2;(H,6,7)/t19-,20-;/m0./s1. The van der Waals surface area contributed by atoms with E-state index < -0.39 is 22.4 Å². The number of carboxylic acid groups (broad SMARTS) is 1. The van der Waals surface area contributed by atoms with E-state index in [4.69, 9.17) is 25.1 Å². The zero-order valence-electron chi connectivity index (χ0n) is 20.6. The molecule has 0 amide bonds. The summed E-state index contributed by atoms with van der Waals surface area (Å²) in [6, 6.07) is 3.51. The number of pyridine rings is 1. The van der Waals surface area contributed by atoms with E-state index in [1.807, 2.05) is 12.1 Å². The molecule has 1 aromatic rings. The minimum atomic E-state index is -5.08. The van der Waals surface area contributed by atoms with Crippen LogP contribution in [-0.2, 0) is 26.3 Å². The molecule has 4 rings (SSSR count). The van der Waals surface area contributed by atoms with Gasteiger partial charge in [-0.3, -0.25) is 0 Å². The Morgan fingerprint density at radius 2 is 1.84 bits per heavy atom. The average Bonchev–Trinajstić information content (AvgIpc) is 3.34. The monoisotopic (exact) mass is 552 g/mol. The minimum Gasteiger partial charge on any atom is -0.476 e. The largest absolute Gasteiger partial charge is 0.490 e. The van der Waals surface area contributed by atoms with Gasteiger partial charge in [0.1, 0.15) is 6.61 Å². The first-order chi connectivity index (χ1) is 17.5. The van der Waals surface area contributed by atoms with Crippen molar-refractivity contribution in [3.8, 4) is 5.88 Å². The number of rotatable bonds is 7. The number of ether oxygens (including phenoxy) is 2. The smallest absolute Gasteiger partial charge is 0.476 e. The van der Waals surface area contributed by atoms with E-state index >= 15 is 0 Å². The van der Waals surface area contributed by atoms with Crippen molar-refractivity contribution in [2.24, 2.45) is 17.6 Å². The lowest BCUT2D eigenvalue weighted by molar-refractivity contribution is -0.192. The zero-order valence-corrected chi connectivity index (χ0v) is 21.4. The maximum atomic E-state index is 13.4. The fraction of sp³-hybridized carbons (Fsp3) is 0.739. The molecule has 0 spiro atoms. The van der Waals surface area contributed by atoms with Gasteiger partial charge in [-0.2, -0.15) is 30.2 Å². The normalized spacial score (nSPS) is 24.3. The minimum absolute atomic E-state index is 0.173. The van der Waals surface area contributed by atoms with Gasteiger partial charge in [-0.1, -0.05) is 32.1 Å². The summed E-state index contributed by atoms with van der Waals surface area (Å²) in [5.41, 5.74) is 6.66. The fourth-order valence-corrected chi connectivity index (χ4v) is 6.88. The summed E-state index contributed by atoms with van der Waals surface area (Å²) in [5.74, 6) is -1.24. The topological polar surface area (TPSA) is 135 Å². The molecule has 1 aromatic heterocycles. The lowest BCUT2D eigenvalue weighted by Crippen LogP contribution is -2.51. The van der Waals surface area contributed by atoms with Crippen LogP contribution in [0.4, 0.5) is 13.2 Å². The van der Waals surface area contributed by atoms with Gasteiger partial charge in [-0.15, -0.1) is 0 Å². The number of aromatic nitrogens is 1.